The van der Waals surface area contributed by atoms with Crippen molar-refractivity contribution in [2.24, 2.45) is 24.3 Å². The summed E-state index contributed by atoms with van der Waals surface area (Å²) >= 11 is 0. The summed E-state index contributed by atoms with van der Waals surface area (Å²) in [5, 5.41) is 10.5. The van der Waals surface area contributed by atoms with Gasteiger partial charge in [-0.25, -0.2) is 0 Å². The van der Waals surface area contributed by atoms with Gasteiger partial charge in [-0.1, -0.05) is 12.8 Å². The molecule has 2 amide bonds. The molecular formula is C20H31N5O2. The van der Waals surface area contributed by atoms with Crippen molar-refractivity contribution in [3.8, 4) is 0 Å². The summed E-state index contributed by atoms with van der Waals surface area (Å²) in [7, 11) is 1.81. The molecule has 3 heterocycles. The maximum absolute atomic E-state index is 13.3. The summed E-state index contributed by atoms with van der Waals surface area (Å²) < 4.78 is 1.63. The number of aromatic nitrogens is 2. The molecule has 1 saturated carbocycles. The average molecular weight is 374 g/mol. The monoisotopic (exact) mass is 373 g/mol. The summed E-state index contributed by atoms with van der Waals surface area (Å²) in [6.45, 7) is 4.17. The van der Waals surface area contributed by atoms with E-state index in [0.717, 1.165) is 45.4 Å². The number of amides is 2. The predicted octanol–water partition coefficient (Wildman–Crippen LogP) is 1.17. The topological polar surface area (TPSA) is 79.3 Å². The lowest BCUT2D eigenvalue weighted by molar-refractivity contribution is -0.146. The highest BCUT2D eigenvalue weighted by Crippen LogP contribution is 2.45. The van der Waals surface area contributed by atoms with Crippen LogP contribution < -0.4 is 10.6 Å². The molecule has 3 aliphatic rings. The fourth-order valence-electron chi connectivity index (χ4n) is 5.20. The van der Waals surface area contributed by atoms with Crippen molar-refractivity contribution in [3.63, 3.8) is 0 Å². The van der Waals surface area contributed by atoms with Gasteiger partial charge in [-0.15, -0.1) is 0 Å². The molecule has 0 spiro atoms. The number of carbonyl (C=O) groups excluding carboxylic acids is 2. The van der Waals surface area contributed by atoms with E-state index >= 15 is 0 Å². The third-order valence-corrected chi connectivity index (χ3v) is 6.88. The molecular weight excluding hydrogens is 342 g/mol. The molecule has 7 nitrogen and oxygen atoms in total. The van der Waals surface area contributed by atoms with Crippen molar-refractivity contribution >= 4 is 11.8 Å². The third kappa shape index (κ3) is 3.61. The molecule has 1 aliphatic carbocycles. The number of likely N-dealkylation sites (tertiary alicyclic amines) is 1. The highest BCUT2D eigenvalue weighted by molar-refractivity contribution is 5.93. The molecule has 7 heteroatoms. The van der Waals surface area contributed by atoms with Crippen LogP contribution in [0.25, 0.3) is 0 Å². The fraction of sp³-hybridized carbons (Fsp3) is 0.750. The van der Waals surface area contributed by atoms with E-state index in [2.05, 4.69) is 20.6 Å². The highest BCUT2D eigenvalue weighted by Gasteiger charge is 2.51. The van der Waals surface area contributed by atoms with E-state index in [9.17, 15) is 9.59 Å². The number of aryl methyl sites for hydroxylation is 1. The van der Waals surface area contributed by atoms with Crippen LogP contribution in [0.5, 0.6) is 0 Å². The Morgan fingerprint density at radius 1 is 1.30 bits per heavy atom. The summed E-state index contributed by atoms with van der Waals surface area (Å²) in [6.07, 6.45) is 9.93. The number of carbonyl (C=O) groups is 2. The number of hydrogen-bond donors (Lipinski definition) is 2. The molecule has 2 saturated heterocycles. The van der Waals surface area contributed by atoms with Crippen LogP contribution >= 0.6 is 0 Å². The number of fused-ring (bicyclic) bond motifs is 1. The quantitative estimate of drug-likeness (QED) is 0.830. The number of piperidine rings is 1. The van der Waals surface area contributed by atoms with Crippen molar-refractivity contribution in [1.82, 2.24) is 25.3 Å². The van der Waals surface area contributed by atoms with E-state index in [1.165, 1.54) is 19.3 Å². The Kier molecular flexibility index (Phi) is 5.21. The first-order valence-corrected chi connectivity index (χ1v) is 10.4. The van der Waals surface area contributed by atoms with Gasteiger partial charge in [-0.3, -0.25) is 14.3 Å². The predicted molar refractivity (Wildman–Crippen MR) is 102 cm³/mol. The van der Waals surface area contributed by atoms with Crippen molar-refractivity contribution in [2.75, 3.05) is 32.7 Å². The second kappa shape index (κ2) is 7.62. The minimum atomic E-state index is -0.139. The lowest BCUT2D eigenvalue weighted by Crippen LogP contribution is -2.52. The zero-order valence-corrected chi connectivity index (χ0v) is 16.2. The third-order valence-electron chi connectivity index (χ3n) is 6.88. The van der Waals surface area contributed by atoms with Crippen molar-refractivity contribution in [2.45, 2.75) is 38.5 Å². The summed E-state index contributed by atoms with van der Waals surface area (Å²) in [6, 6.07) is 0. The molecule has 27 heavy (non-hydrogen) atoms. The first kappa shape index (κ1) is 18.5. The van der Waals surface area contributed by atoms with Crippen molar-refractivity contribution in [3.05, 3.63) is 18.0 Å². The largest absolute Gasteiger partial charge is 0.352 e. The lowest BCUT2D eigenvalue weighted by atomic mass is 9.67. The van der Waals surface area contributed by atoms with Gasteiger partial charge in [-0.05, 0) is 44.1 Å². The Morgan fingerprint density at radius 3 is 2.85 bits per heavy atom. The minimum absolute atomic E-state index is 0.0671. The van der Waals surface area contributed by atoms with E-state index in [4.69, 9.17) is 0 Å². The zero-order chi connectivity index (χ0) is 18.9. The van der Waals surface area contributed by atoms with Crippen LogP contribution in [-0.2, 0) is 11.8 Å². The first-order valence-electron chi connectivity index (χ1n) is 10.4. The SMILES string of the molecule is Cn1cc(C(=O)NCC2CCN(C(=O)[C@@]34CCCC[C@H]3CNC4)CC2)cn1. The van der Waals surface area contributed by atoms with Gasteiger partial charge in [0.2, 0.25) is 5.91 Å². The molecule has 2 atom stereocenters. The molecule has 0 aromatic carbocycles. The van der Waals surface area contributed by atoms with E-state index < -0.39 is 0 Å². The number of rotatable bonds is 4. The Hall–Kier alpha value is -1.89. The molecule has 2 aliphatic heterocycles. The number of nitrogens with one attached hydrogen (secondary N) is 2. The Bertz CT molecular complexity index is 694. The highest BCUT2D eigenvalue weighted by atomic mass is 16.2. The van der Waals surface area contributed by atoms with Gasteiger partial charge in [0, 0.05) is 39.4 Å². The second-order valence-electron chi connectivity index (χ2n) is 8.58. The average Bonchev–Trinajstić information content (AvgIpc) is 3.33. The maximum atomic E-state index is 13.3. The van der Waals surface area contributed by atoms with Gasteiger partial charge in [0.25, 0.3) is 5.91 Å². The van der Waals surface area contributed by atoms with Gasteiger partial charge in [0.1, 0.15) is 0 Å². The molecule has 3 fully saturated rings. The van der Waals surface area contributed by atoms with E-state index in [1.807, 2.05) is 0 Å². The number of hydrogen-bond acceptors (Lipinski definition) is 4. The van der Waals surface area contributed by atoms with Crippen LogP contribution in [0.3, 0.4) is 0 Å². The molecule has 2 N–H and O–H groups in total. The zero-order valence-electron chi connectivity index (χ0n) is 16.2. The first-order chi connectivity index (χ1) is 13.1. The Labute approximate surface area is 160 Å². The summed E-state index contributed by atoms with van der Waals surface area (Å²) in [5.41, 5.74) is 0.459. The smallest absolute Gasteiger partial charge is 0.254 e. The normalized spacial score (nSPS) is 28.8. The van der Waals surface area contributed by atoms with Crippen LogP contribution in [0.2, 0.25) is 0 Å². The standard InChI is InChI=1S/C20H31N5O2/c1-24-13-16(11-23-24)18(26)22-10-15-5-8-25(9-6-15)19(27)20-7-3-2-4-17(20)12-21-14-20/h11,13,15,17,21H,2-10,12,14H2,1H3,(H,22,26)/t17-,20+/m0/s1. The van der Waals surface area contributed by atoms with E-state index in [-0.39, 0.29) is 11.3 Å². The molecule has 148 valence electrons. The summed E-state index contributed by atoms with van der Waals surface area (Å²) in [5.74, 6) is 1.28. The lowest BCUT2D eigenvalue weighted by Gasteiger charge is -2.43. The fourth-order valence-corrected chi connectivity index (χ4v) is 5.20. The molecule has 0 unspecified atom stereocenters. The van der Waals surface area contributed by atoms with Gasteiger partial charge in [0.15, 0.2) is 0 Å². The second-order valence-corrected chi connectivity index (χ2v) is 8.58. The van der Waals surface area contributed by atoms with E-state index in [0.29, 0.717) is 29.9 Å². The van der Waals surface area contributed by atoms with Crippen LogP contribution in [0, 0.1) is 17.3 Å². The minimum Gasteiger partial charge on any atom is -0.352 e. The van der Waals surface area contributed by atoms with Crippen molar-refractivity contribution in [1.29, 1.82) is 0 Å². The number of nitrogens with zero attached hydrogens (tertiary/aromatic N) is 3. The van der Waals surface area contributed by atoms with Gasteiger partial charge < -0.3 is 15.5 Å². The summed E-state index contributed by atoms with van der Waals surface area (Å²) in [4.78, 5) is 27.6. The van der Waals surface area contributed by atoms with Crippen LogP contribution in [0.4, 0.5) is 0 Å². The van der Waals surface area contributed by atoms with Gasteiger partial charge >= 0.3 is 0 Å². The molecule has 1 aromatic rings. The molecule has 4 rings (SSSR count). The van der Waals surface area contributed by atoms with Gasteiger partial charge in [-0.2, -0.15) is 5.10 Å². The maximum Gasteiger partial charge on any atom is 0.254 e. The van der Waals surface area contributed by atoms with Crippen LogP contribution in [0.1, 0.15) is 48.9 Å². The van der Waals surface area contributed by atoms with Crippen molar-refractivity contribution < 1.29 is 9.59 Å². The Balaban J connectivity index is 1.27. The van der Waals surface area contributed by atoms with Crippen LogP contribution in [-0.4, -0.2) is 59.2 Å². The van der Waals surface area contributed by atoms with Crippen LogP contribution in [0.15, 0.2) is 12.4 Å². The molecule has 0 bridgehead atoms. The Morgan fingerprint density at radius 2 is 2.11 bits per heavy atom. The van der Waals surface area contributed by atoms with Gasteiger partial charge in [0.05, 0.1) is 17.2 Å². The molecule has 0 radical (unpaired) electrons. The molecule has 1 aromatic heterocycles. The van der Waals surface area contributed by atoms with E-state index in [1.54, 1.807) is 24.1 Å².